The summed E-state index contributed by atoms with van der Waals surface area (Å²) in [6.07, 6.45) is 0. The molecule has 0 aliphatic heterocycles. The SMILES string of the molecule is [2H]c1c([2H])c([2H])c2c([2H])c(-c3c4c([2H])c([2H])c([2H])c([2H])c4c(-c4cc5ccccc5cc4-c4cccc5c4oc4ccc6ccccc6c45)c4c([2H])c([2H])c([2H])c([2H])c34)c([2H])c([2H])c2c1[2H]. The molecule has 0 bridgehead atoms. The number of hydrogen-bond acceptors (Lipinski definition) is 1. The molecule has 0 N–H and O–H groups in total. The van der Waals surface area contributed by atoms with Gasteiger partial charge in [0.15, 0.2) is 0 Å². The lowest BCUT2D eigenvalue weighted by Crippen LogP contribution is -1.93. The van der Waals surface area contributed by atoms with Gasteiger partial charge in [-0.15, -0.1) is 0 Å². The molecule has 0 atom stereocenters. The standard InChI is InChI=1S/C50H30O/c1-2-14-33-28-36(25-24-31(33)12-1)47-38-18-7-9-20-40(38)48(41-21-10-8-19-39(41)47)45-30-35-16-4-3-15-34(35)29-44(45)42-22-11-23-43-49-37-17-6-5-13-32(37)26-27-46(49)51-50(42)43/h1-30H/i1D,2D,7D,8D,9D,10D,12D,14D,18D,19D,20D,21D,24D,25D,28D. The highest BCUT2D eigenvalue weighted by Crippen LogP contribution is 2.49. The lowest BCUT2D eigenvalue weighted by atomic mass is 9.82. The summed E-state index contributed by atoms with van der Waals surface area (Å²) >= 11 is 0. The number of rotatable bonds is 3. The third kappa shape index (κ3) is 4.22. The molecule has 236 valence electrons. The van der Waals surface area contributed by atoms with E-state index < -0.39 is 107 Å². The predicted molar refractivity (Wildman–Crippen MR) is 218 cm³/mol. The van der Waals surface area contributed by atoms with E-state index in [4.69, 9.17) is 16.8 Å². The average molecular weight is 662 g/mol. The van der Waals surface area contributed by atoms with E-state index >= 15 is 0 Å². The van der Waals surface area contributed by atoms with Gasteiger partial charge in [-0.05, 0) is 106 Å². The van der Waals surface area contributed by atoms with E-state index in [2.05, 4.69) is 0 Å². The fraction of sp³-hybridized carbons (Fsp3) is 0. The highest BCUT2D eigenvalue weighted by atomic mass is 16.3. The second-order valence-corrected chi connectivity index (χ2v) is 12.4. The molecule has 0 aliphatic rings. The molecule has 0 aliphatic carbocycles. The van der Waals surface area contributed by atoms with E-state index in [1.54, 1.807) is 6.07 Å². The van der Waals surface area contributed by atoms with Gasteiger partial charge in [0.25, 0.3) is 0 Å². The Morgan fingerprint density at radius 3 is 1.75 bits per heavy atom. The molecule has 11 aromatic rings. The quantitative estimate of drug-likeness (QED) is 0.172. The molecule has 11 rings (SSSR count). The van der Waals surface area contributed by atoms with Crippen molar-refractivity contribution in [3.05, 3.63) is 182 Å². The molecule has 0 saturated carbocycles. The second kappa shape index (κ2) is 10.9. The minimum absolute atomic E-state index is 0.00827. The van der Waals surface area contributed by atoms with Crippen LogP contribution in [-0.2, 0) is 0 Å². The summed E-state index contributed by atoms with van der Waals surface area (Å²) in [5, 5.41) is 3.22. The Balaban J connectivity index is 1.41. The molecule has 0 amide bonds. The number of hydrogen-bond donors (Lipinski definition) is 0. The van der Waals surface area contributed by atoms with Crippen LogP contribution in [0.25, 0.3) is 109 Å². The third-order valence-electron chi connectivity index (χ3n) is 9.71. The third-order valence-corrected chi connectivity index (χ3v) is 9.71. The summed E-state index contributed by atoms with van der Waals surface area (Å²) in [6, 6.07) is 18.5. The number of benzene rings is 10. The van der Waals surface area contributed by atoms with Crippen molar-refractivity contribution >= 4 is 75.8 Å². The number of para-hydroxylation sites is 1. The van der Waals surface area contributed by atoms with Crippen molar-refractivity contribution in [2.75, 3.05) is 0 Å². The summed E-state index contributed by atoms with van der Waals surface area (Å²) in [5.41, 5.74) is 1.62. The van der Waals surface area contributed by atoms with Crippen LogP contribution in [0.5, 0.6) is 0 Å². The van der Waals surface area contributed by atoms with E-state index in [1.165, 1.54) is 0 Å². The van der Waals surface area contributed by atoms with Gasteiger partial charge in [0.1, 0.15) is 11.2 Å². The fourth-order valence-electron chi connectivity index (χ4n) is 7.50. The zero-order valence-electron chi connectivity index (χ0n) is 41.6. The van der Waals surface area contributed by atoms with E-state index in [9.17, 15) is 8.22 Å². The zero-order chi connectivity index (χ0) is 46.5. The molecule has 1 heterocycles. The topological polar surface area (TPSA) is 13.1 Å². The first-order chi connectivity index (χ1) is 31.5. The van der Waals surface area contributed by atoms with Gasteiger partial charge in [-0.25, -0.2) is 0 Å². The Bertz CT molecular complexity index is 3980. The molecule has 0 unspecified atom stereocenters. The van der Waals surface area contributed by atoms with Gasteiger partial charge >= 0.3 is 0 Å². The zero-order valence-corrected chi connectivity index (χ0v) is 26.6. The van der Waals surface area contributed by atoms with Gasteiger partial charge in [-0.2, -0.15) is 0 Å². The van der Waals surface area contributed by atoms with Crippen LogP contribution in [0.3, 0.4) is 0 Å². The smallest absolute Gasteiger partial charge is 0.143 e. The largest absolute Gasteiger partial charge is 0.455 e. The maximum Gasteiger partial charge on any atom is 0.143 e. The molecule has 0 saturated heterocycles. The van der Waals surface area contributed by atoms with Gasteiger partial charge in [0.05, 0.1) is 20.6 Å². The Hall–Kier alpha value is -6.70. The van der Waals surface area contributed by atoms with Crippen LogP contribution in [0.2, 0.25) is 0 Å². The van der Waals surface area contributed by atoms with E-state index in [-0.39, 0.29) is 32.7 Å². The predicted octanol–water partition coefficient (Wildman–Crippen LogP) is 14.4. The van der Waals surface area contributed by atoms with Crippen molar-refractivity contribution in [1.82, 2.24) is 0 Å². The molecule has 10 aromatic carbocycles. The summed E-state index contributed by atoms with van der Waals surface area (Å²) in [7, 11) is 0. The lowest BCUT2D eigenvalue weighted by molar-refractivity contribution is 0.670. The summed E-state index contributed by atoms with van der Waals surface area (Å²) in [4.78, 5) is 0. The van der Waals surface area contributed by atoms with Crippen molar-refractivity contribution in [1.29, 1.82) is 0 Å². The van der Waals surface area contributed by atoms with Crippen LogP contribution in [-0.4, -0.2) is 0 Å². The van der Waals surface area contributed by atoms with Gasteiger partial charge < -0.3 is 4.42 Å². The lowest BCUT2D eigenvalue weighted by Gasteiger charge is -2.20. The molecule has 51 heavy (non-hydrogen) atoms. The second-order valence-electron chi connectivity index (χ2n) is 12.4. The molecule has 0 fully saturated rings. The molecular weight excluding hydrogens is 617 g/mol. The Labute approximate surface area is 315 Å². The van der Waals surface area contributed by atoms with Crippen LogP contribution in [0.1, 0.15) is 20.6 Å². The maximum atomic E-state index is 9.65. The number of fused-ring (bicyclic) bond motifs is 9. The molecule has 0 radical (unpaired) electrons. The first kappa shape index (κ1) is 17.3. The van der Waals surface area contributed by atoms with E-state index in [0.717, 1.165) is 26.9 Å². The van der Waals surface area contributed by atoms with Gasteiger partial charge in [0.2, 0.25) is 0 Å². The van der Waals surface area contributed by atoms with Gasteiger partial charge in [0, 0.05) is 16.3 Å². The summed E-state index contributed by atoms with van der Waals surface area (Å²) in [5.74, 6) is 0. The molecule has 0 spiro atoms. The van der Waals surface area contributed by atoms with Crippen molar-refractivity contribution in [3.8, 4) is 33.4 Å². The van der Waals surface area contributed by atoms with Gasteiger partial charge in [-0.3, -0.25) is 0 Å². The first-order valence-corrected chi connectivity index (χ1v) is 16.4. The minimum atomic E-state index is -0.747. The van der Waals surface area contributed by atoms with Crippen LogP contribution >= 0.6 is 0 Å². The van der Waals surface area contributed by atoms with Crippen LogP contribution in [0.15, 0.2) is 186 Å². The molecule has 1 heteroatoms. The Morgan fingerprint density at radius 2 is 1.00 bits per heavy atom. The van der Waals surface area contributed by atoms with E-state index in [0.29, 0.717) is 33.2 Å². The van der Waals surface area contributed by atoms with Crippen LogP contribution in [0, 0.1) is 0 Å². The highest BCUT2D eigenvalue weighted by molar-refractivity contribution is 6.25. The monoisotopic (exact) mass is 661 g/mol. The summed E-state index contributed by atoms with van der Waals surface area (Å²) in [6.45, 7) is 0. The minimum Gasteiger partial charge on any atom is -0.455 e. The first-order valence-electron chi connectivity index (χ1n) is 23.9. The molecular formula is C50H30O. The Morgan fingerprint density at radius 1 is 0.392 bits per heavy atom. The summed E-state index contributed by atoms with van der Waals surface area (Å²) < 4.78 is 144. The maximum absolute atomic E-state index is 9.65. The normalized spacial score (nSPS) is 16.0. The van der Waals surface area contributed by atoms with Crippen LogP contribution in [0.4, 0.5) is 0 Å². The highest BCUT2D eigenvalue weighted by Gasteiger charge is 2.22. The van der Waals surface area contributed by atoms with Crippen molar-refractivity contribution in [2.45, 2.75) is 0 Å². The van der Waals surface area contributed by atoms with Crippen molar-refractivity contribution < 1.29 is 25.0 Å². The van der Waals surface area contributed by atoms with Crippen LogP contribution < -0.4 is 0 Å². The number of furan rings is 1. The molecule has 1 nitrogen and oxygen atoms in total. The fourth-order valence-corrected chi connectivity index (χ4v) is 7.50. The van der Waals surface area contributed by atoms with E-state index in [1.807, 2.05) is 84.9 Å². The van der Waals surface area contributed by atoms with Crippen molar-refractivity contribution in [3.63, 3.8) is 0 Å². The van der Waals surface area contributed by atoms with Gasteiger partial charge in [-0.1, -0.05) is 157 Å². The van der Waals surface area contributed by atoms with Crippen molar-refractivity contribution in [2.24, 2.45) is 0 Å². The molecule has 1 aromatic heterocycles. The Kier molecular flexibility index (Phi) is 3.70. The average Bonchev–Trinajstić information content (AvgIpc) is 3.72.